The number of carbonyl (C=O) groups excluding carboxylic acids is 2. The Morgan fingerprint density at radius 3 is 2.39 bits per heavy atom. The van der Waals surface area contributed by atoms with Crippen molar-refractivity contribution in [3.8, 4) is 0 Å². The van der Waals surface area contributed by atoms with Gasteiger partial charge < -0.3 is 10.6 Å². The van der Waals surface area contributed by atoms with Gasteiger partial charge in [0.15, 0.2) is 0 Å². The van der Waals surface area contributed by atoms with Crippen LogP contribution in [0.5, 0.6) is 0 Å². The van der Waals surface area contributed by atoms with Crippen molar-refractivity contribution in [2.75, 3.05) is 10.6 Å². The Labute approximate surface area is 147 Å². The molecule has 4 nitrogen and oxygen atoms in total. The van der Waals surface area contributed by atoms with Gasteiger partial charge >= 0.3 is 0 Å². The molecule has 0 bridgehead atoms. The van der Waals surface area contributed by atoms with E-state index in [-0.39, 0.29) is 23.7 Å². The van der Waals surface area contributed by atoms with E-state index < -0.39 is 0 Å². The van der Waals surface area contributed by atoms with Gasteiger partial charge in [-0.05, 0) is 52.7 Å². The molecule has 2 unspecified atom stereocenters. The van der Waals surface area contributed by atoms with Crippen molar-refractivity contribution in [1.29, 1.82) is 0 Å². The average Bonchev–Trinajstić information content (AvgIpc) is 3.30. The number of anilines is 2. The Morgan fingerprint density at radius 1 is 1.00 bits per heavy atom. The highest BCUT2D eigenvalue weighted by Crippen LogP contribution is 2.40. The van der Waals surface area contributed by atoms with E-state index in [0.717, 1.165) is 4.47 Å². The number of rotatable bonds is 4. The molecule has 6 heteroatoms. The summed E-state index contributed by atoms with van der Waals surface area (Å²) in [6.07, 6.45) is 0.558. The minimum absolute atomic E-state index is 0.136. The number of hydrogen-bond acceptors (Lipinski definition) is 2. The molecular formula is C17H14BrClN2O2. The van der Waals surface area contributed by atoms with E-state index >= 15 is 0 Å². The molecule has 2 aromatic rings. The van der Waals surface area contributed by atoms with Gasteiger partial charge in [-0.2, -0.15) is 0 Å². The number of amides is 2. The molecule has 3 rings (SSSR count). The maximum Gasteiger partial charge on any atom is 0.228 e. The van der Waals surface area contributed by atoms with Crippen molar-refractivity contribution in [1.82, 2.24) is 0 Å². The summed E-state index contributed by atoms with van der Waals surface area (Å²) in [4.78, 5) is 24.4. The molecule has 1 saturated carbocycles. The third kappa shape index (κ3) is 3.92. The Balaban J connectivity index is 1.57. The summed E-state index contributed by atoms with van der Waals surface area (Å²) in [6.45, 7) is 0. The predicted molar refractivity (Wildman–Crippen MR) is 94.5 cm³/mol. The smallest absolute Gasteiger partial charge is 0.228 e. The van der Waals surface area contributed by atoms with Gasteiger partial charge in [0, 0.05) is 15.2 Å². The third-order valence-corrected chi connectivity index (χ3v) is 4.61. The maximum absolute atomic E-state index is 12.2. The van der Waals surface area contributed by atoms with E-state index in [1.165, 1.54) is 0 Å². The van der Waals surface area contributed by atoms with Crippen molar-refractivity contribution >= 4 is 50.7 Å². The lowest BCUT2D eigenvalue weighted by Gasteiger charge is -2.07. The SMILES string of the molecule is O=C(Nc1cccc(Cl)c1)C1CC1C(=O)Nc1ccccc1Br. The molecule has 0 heterocycles. The first-order valence-electron chi connectivity index (χ1n) is 7.16. The third-order valence-electron chi connectivity index (χ3n) is 3.69. The second-order valence-corrected chi connectivity index (χ2v) is 6.71. The first-order chi connectivity index (χ1) is 11.0. The maximum atomic E-state index is 12.2. The molecule has 1 aliphatic carbocycles. The zero-order valence-electron chi connectivity index (χ0n) is 12.1. The number of halogens is 2. The topological polar surface area (TPSA) is 58.2 Å². The van der Waals surface area contributed by atoms with Gasteiger partial charge in [0.25, 0.3) is 0 Å². The molecule has 0 radical (unpaired) electrons. The molecule has 0 aromatic heterocycles. The van der Waals surface area contributed by atoms with Crippen molar-refractivity contribution in [3.05, 3.63) is 58.0 Å². The second kappa shape index (κ2) is 6.72. The van der Waals surface area contributed by atoms with Crippen LogP contribution in [0.3, 0.4) is 0 Å². The first kappa shape index (κ1) is 16.0. The van der Waals surface area contributed by atoms with Crippen LogP contribution in [0.15, 0.2) is 53.0 Å². The van der Waals surface area contributed by atoms with Crippen LogP contribution in [-0.4, -0.2) is 11.8 Å². The van der Waals surface area contributed by atoms with Gasteiger partial charge in [-0.1, -0.05) is 29.8 Å². The summed E-state index contributed by atoms with van der Waals surface area (Å²) in [5.41, 5.74) is 1.35. The van der Waals surface area contributed by atoms with E-state index in [4.69, 9.17) is 11.6 Å². The van der Waals surface area contributed by atoms with Crippen LogP contribution in [0.1, 0.15) is 6.42 Å². The fourth-order valence-electron chi connectivity index (χ4n) is 2.36. The quantitative estimate of drug-likeness (QED) is 0.813. The first-order valence-corrected chi connectivity index (χ1v) is 8.33. The summed E-state index contributed by atoms with van der Waals surface area (Å²) in [5.74, 6) is -0.875. The van der Waals surface area contributed by atoms with Crippen LogP contribution in [0.2, 0.25) is 5.02 Å². The highest BCUT2D eigenvalue weighted by molar-refractivity contribution is 9.10. The molecule has 2 aromatic carbocycles. The molecule has 2 atom stereocenters. The minimum atomic E-state index is -0.295. The molecule has 2 N–H and O–H groups in total. The van der Waals surface area contributed by atoms with Crippen LogP contribution in [0.4, 0.5) is 11.4 Å². The molecular weight excluding hydrogens is 380 g/mol. The van der Waals surface area contributed by atoms with Gasteiger partial charge in [0.2, 0.25) is 11.8 Å². The van der Waals surface area contributed by atoms with E-state index in [1.54, 1.807) is 24.3 Å². The Morgan fingerprint density at radius 2 is 1.70 bits per heavy atom. The lowest BCUT2D eigenvalue weighted by atomic mass is 10.2. The van der Waals surface area contributed by atoms with E-state index in [9.17, 15) is 9.59 Å². The summed E-state index contributed by atoms with van der Waals surface area (Å²) < 4.78 is 0.814. The zero-order valence-corrected chi connectivity index (χ0v) is 14.4. The zero-order chi connectivity index (χ0) is 16.4. The molecule has 1 fully saturated rings. The number of para-hydroxylation sites is 1. The molecule has 118 valence electrons. The molecule has 0 spiro atoms. The number of hydrogen-bond donors (Lipinski definition) is 2. The van der Waals surface area contributed by atoms with Gasteiger partial charge in [-0.15, -0.1) is 0 Å². The monoisotopic (exact) mass is 392 g/mol. The van der Waals surface area contributed by atoms with Crippen molar-refractivity contribution in [3.63, 3.8) is 0 Å². The van der Waals surface area contributed by atoms with Crippen LogP contribution in [-0.2, 0) is 9.59 Å². The largest absolute Gasteiger partial charge is 0.326 e. The van der Waals surface area contributed by atoms with Crippen LogP contribution < -0.4 is 10.6 Å². The molecule has 1 aliphatic rings. The van der Waals surface area contributed by atoms with Crippen LogP contribution in [0.25, 0.3) is 0 Å². The Kier molecular flexibility index (Phi) is 4.68. The van der Waals surface area contributed by atoms with Crippen molar-refractivity contribution in [2.24, 2.45) is 11.8 Å². The van der Waals surface area contributed by atoms with Gasteiger partial charge in [0.05, 0.1) is 17.5 Å². The minimum Gasteiger partial charge on any atom is -0.326 e. The summed E-state index contributed by atoms with van der Waals surface area (Å²) in [7, 11) is 0. The van der Waals surface area contributed by atoms with E-state index in [1.807, 2.05) is 24.3 Å². The average molecular weight is 394 g/mol. The van der Waals surface area contributed by atoms with Crippen LogP contribution >= 0.6 is 27.5 Å². The number of nitrogens with one attached hydrogen (secondary N) is 2. The second-order valence-electron chi connectivity index (χ2n) is 5.42. The number of carbonyl (C=O) groups is 2. The molecule has 23 heavy (non-hydrogen) atoms. The lowest BCUT2D eigenvalue weighted by Crippen LogP contribution is -2.20. The summed E-state index contributed by atoms with van der Waals surface area (Å²) in [5, 5.41) is 6.19. The lowest BCUT2D eigenvalue weighted by molar-refractivity contribution is -0.122. The summed E-state index contributed by atoms with van der Waals surface area (Å²) in [6, 6.07) is 14.3. The summed E-state index contributed by atoms with van der Waals surface area (Å²) >= 11 is 9.27. The fraction of sp³-hybridized carbons (Fsp3) is 0.176. The van der Waals surface area contributed by atoms with Gasteiger partial charge in [-0.3, -0.25) is 9.59 Å². The fourth-order valence-corrected chi connectivity index (χ4v) is 2.94. The van der Waals surface area contributed by atoms with E-state index in [2.05, 4.69) is 26.6 Å². The van der Waals surface area contributed by atoms with Crippen molar-refractivity contribution < 1.29 is 9.59 Å². The molecule has 0 aliphatic heterocycles. The van der Waals surface area contributed by atoms with Crippen LogP contribution in [0, 0.1) is 11.8 Å². The van der Waals surface area contributed by atoms with E-state index in [0.29, 0.717) is 22.8 Å². The Hall–Kier alpha value is -1.85. The Bertz CT molecular complexity index is 766. The molecule has 0 saturated heterocycles. The van der Waals surface area contributed by atoms with Crippen molar-refractivity contribution in [2.45, 2.75) is 6.42 Å². The van der Waals surface area contributed by atoms with Gasteiger partial charge in [-0.25, -0.2) is 0 Å². The highest BCUT2D eigenvalue weighted by atomic mass is 79.9. The molecule has 2 amide bonds. The highest BCUT2D eigenvalue weighted by Gasteiger charge is 2.48. The number of benzene rings is 2. The van der Waals surface area contributed by atoms with Gasteiger partial charge in [0.1, 0.15) is 0 Å². The standard InChI is InChI=1S/C17H14BrClN2O2/c18-14-6-1-2-7-15(14)21-17(23)13-9-12(13)16(22)20-11-5-3-4-10(19)8-11/h1-8,12-13H,9H2,(H,20,22)(H,21,23). The predicted octanol–water partition coefficient (Wildman–Crippen LogP) is 4.32. The normalized spacial score (nSPS) is 19.0.